The molecule has 0 N–H and O–H groups in total. The third-order valence-corrected chi connectivity index (χ3v) is 11.8. The van der Waals surface area contributed by atoms with Crippen LogP contribution in [-0.2, 0) is 28.6 Å². The third kappa shape index (κ3) is 53.3. The van der Waals surface area contributed by atoms with E-state index in [1.807, 2.05) is 0 Å². The average molecular weight is 946 g/mol. The molecular formula is C62H104O6. The van der Waals surface area contributed by atoms with Gasteiger partial charge in [-0.2, -0.15) is 0 Å². The zero-order chi connectivity index (χ0) is 49.3. The Bertz CT molecular complexity index is 1360. The highest BCUT2D eigenvalue weighted by atomic mass is 16.6. The molecule has 1 atom stereocenters. The van der Waals surface area contributed by atoms with Crippen LogP contribution in [0.25, 0.3) is 0 Å². The van der Waals surface area contributed by atoms with Crippen molar-refractivity contribution in [3.05, 3.63) is 97.2 Å². The Morgan fingerprint density at radius 3 is 0.897 bits per heavy atom. The highest BCUT2D eigenvalue weighted by Gasteiger charge is 2.19. The lowest BCUT2D eigenvalue weighted by atomic mass is 10.1. The van der Waals surface area contributed by atoms with Gasteiger partial charge in [-0.05, 0) is 96.3 Å². The molecule has 0 aromatic rings. The number of esters is 3. The van der Waals surface area contributed by atoms with Gasteiger partial charge in [0.05, 0.1) is 0 Å². The van der Waals surface area contributed by atoms with Crippen LogP contribution in [0.4, 0.5) is 0 Å². The number of hydrogen-bond donors (Lipinski definition) is 0. The monoisotopic (exact) mass is 945 g/mol. The Morgan fingerprint density at radius 2 is 0.574 bits per heavy atom. The number of allylic oxidation sites excluding steroid dienone is 16. The molecule has 0 saturated carbocycles. The number of unbranched alkanes of at least 4 members (excludes halogenated alkanes) is 23. The summed E-state index contributed by atoms with van der Waals surface area (Å²) in [5.41, 5.74) is 0. The van der Waals surface area contributed by atoms with Gasteiger partial charge in [-0.3, -0.25) is 14.4 Å². The van der Waals surface area contributed by atoms with Gasteiger partial charge in [0.15, 0.2) is 6.10 Å². The van der Waals surface area contributed by atoms with Crippen molar-refractivity contribution in [3.8, 4) is 0 Å². The quantitative estimate of drug-likeness (QED) is 0.0262. The first-order valence-corrected chi connectivity index (χ1v) is 28.2. The zero-order valence-corrected chi connectivity index (χ0v) is 44.3. The molecule has 0 amide bonds. The summed E-state index contributed by atoms with van der Waals surface area (Å²) >= 11 is 0. The lowest BCUT2D eigenvalue weighted by Crippen LogP contribution is -2.30. The Morgan fingerprint density at radius 1 is 0.309 bits per heavy atom. The summed E-state index contributed by atoms with van der Waals surface area (Å²) in [4.78, 5) is 38.0. The second kappa shape index (κ2) is 55.9. The minimum absolute atomic E-state index is 0.0827. The molecule has 0 spiro atoms. The summed E-state index contributed by atoms with van der Waals surface area (Å²) in [7, 11) is 0. The van der Waals surface area contributed by atoms with Crippen LogP contribution in [0.15, 0.2) is 97.2 Å². The summed E-state index contributed by atoms with van der Waals surface area (Å²) < 4.78 is 16.8. The van der Waals surface area contributed by atoms with Crippen molar-refractivity contribution < 1.29 is 28.6 Å². The summed E-state index contributed by atoms with van der Waals surface area (Å²) in [6, 6.07) is 0. The van der Waals surface area contributed by atoms with Crippen LogP contribution >= 0.6 is 0 Å². The van der Waals surface area contributed by atoms with Crippen molar-refractivity contribution in [1.82, 2.24) is 0 Å². The first kappa shape index (κ1) is 64.3. The summed E-state index contributed by atoms with van der Waals surface area (Å²) in [6.07, 6.45) is 74.0. The smallest absolute Gasteiger partial charge is 0.306 e. The predicted molar refractivity (Wildman–Crippen MR) is 293 cm³/mol. The number of carbonyl (C=O) groups is 3. The van der Waals surface area contributed by atoms with E-state index in [0.29, 0.717) is 19.3 Å². The molecule has 0 aliphatic rings. The molecule has 0 aliphatic heterocycles. The molecule has 68 heavy (non-hydrogen) atoms. The Labute approximate surface area is 419 Å². The maximum atomic E-state index is 12.8. The van der Waals surface area contributed by atoms with Gasteiger partial charge in [0.2, 0.25) is 0 Å². The lowest BCUT2D eigenvalue weighted by molar-refractivity contribution is -0.167. The maximum Gasteiger partial charge on any atom is 0.306 e. The molecule has 0 aliphatic carbocycles. The second-order valence-corrected chi connectivity index (χ2v) is 18.4. The van der Waals surface area contributed by atoms with E-state index < -0.39 is 6.10 Å². The van der Waals surface area contributed by atoms with Gasteiger partial charge in [0.25, 0.3) is 0 Å². The fourth-order valence-corrected chi connectivity index (χ4v) is 7.66. The average Bonchev–Trinajstić information content (AvgIpc) is 3.34. The van der Waals surface area contributed by atoms with E-state index in [2.05, 4.69) is 118 Å². The van der Waals surface area contributed by atoms with E-state index in [-0.39, 0.29) is 31.1 Å². The van der Waals surface area contributed by atoms with E-state index in [0.717, 1.165) is 122 Å². The van der Waals surface area contributed by atoms with Crippen LogP contribution in [-0.4, -0.2) is 37.2 Å². The molecule has 1 unspecified atom stereocenters. The standard InChI is InChI=1S/C62H104O6/c1-4-7-10-13-16-19-21-23-25-27-29-31-33-35-37-39-41-43-46-49-52-55-61(64)67-58-59(57-66-60(63)54-51-48-45-18-15-12-9-6-3)68-62(65)56-53-50-47-44-42-40-38-36-34-32-30-28-26-24-22-20-17-14-11-8-5-2/h7-8,10-11,16-17,19-20,23-26,29-32,59H,4-6,9,12-15,18,21-22,27-28,33-58H2,1-3H3/b10-7-,11-8-,19-16-,20-17-,25-23-,26-24-,31-29-,32-30-. The van der Waals surface area contributed by atoms with Gasteiger partial charge >= 0.3 is 17.9 Å². The van der Waals surface area contributed by atoms with E-state index in [4.69, 9.17) is 14.2 Å². The number of carbonyl (C=O) groups excluding carboxylic acids is 3. The van der Waals surface area contributed by atoms with Crippen LogP contribution in [0.3, 0.4) is 0 Å². The van der Waals surface area contributed by atoms with E-state index in [1.54, 1.807) is 0 Å². The maximum absolute atomic E-state index is 12.8. The predicted octanol–water partition coefficient (Wildman–Crippen LogP) is 18.9. The zero-order valence-electron chi connectivity index (χ0n) is 44.3. The van der Waals surface area contributed by atoms with Crippen molar-refractivity contribution in [1.29, 1.82) is 0 Å². The van der Waals surface area contributed by atoms with Crippen molar-refractivity contribution in [3.63, 3.8) is 0 Å². The summed E-state index contributed by atoms with van der Waals surface area (Å²) in [6.45, 7) is 6.38. The molecule has 0 aromatic carbocycles. The molecule has 0 heterocycles. The topological polar surface area (TPSA) is 78.9 Å². The van der Waals surface area contributed by atoms with Crippen molar-refractivity contribution >= 4 is 17.9 Å². The van der Waals surface area contributed by atoms with E-state index >= 15 is 0 Å². The van der Waals surface area contributed by atoms with E-state index in [9.17, 15) is 14.4 Å². The Hall–Kier alpha value is -3.67. The Kier molecular flexibility index (Phi) is 52.9. The first-order valence-electron chi connectivity index (χ1n) is 28.2. The highest BCUT2D eigenvalue weighted by Crippen LogP contribution is 2.15. The molecule has 6 nitrogen and oxygen atoms in total. The SMILES string of the molecule is CC/C=C\C/C=C\C/C=C\C/C=C\CCCCCCCCCCC(=O)OCC(COC(=O)CCCCCCCCCC)OC(=O)CCCCCCCCCC/C=C\C/C=C\C/C=C\C/C=C\CC. The van der Waals surface area contributed by atoms with Crippen molar-refractivity contribution in [2.24, 2.45) is 0 Å². The van der Waals surface area contributed by atoms with Gasteiger partial charge in [-0.25, -0.2) is 0 Å². The van der Waals surface area contributed by atoms with Crippen LogP contribution in [0.5, 0.6) is 0 Å². The van der Waals surface area contributed by atoms with Crippen LogP contribution < -0.4 is 0 Å². The minimum Gasteiger partial charge on any atom is -0.462 e. The van der Waals surface area contributed by atoms with Gasteiger partial charge in [-0.15, -0.1) is 0 Å². The molecule has 0 bridgehead atoms. The third-order valence-electron chi connectivity index (χ3n) is 11.8. The highest BCUT2D eigenvalue weighted by molar-refractivity contribution is 5.71. The van der Waals surface area contributed by atoms with Gasteiger partial charge < -0.3 is 14.2 Å². The molecule has 0 saturated heterocycles. The van der Waals surface area contributed by atoms with Crippen LogP contribution in [0.2, 0.25) is 0 Å². The molecule has 388 valence electrons. The fourth-order valence-electron chi connectivity index (χ4n) is 7.66. The first-order chi connectivity index (χ1) is 33.5. The molecule has 0 rings (SSSR count). The van der Waals surface area contributed by atoms with Crippen molar-refractivity contribution in [2.45, 2.75) is 264 Å². The van der Waals surface area contributed by atoms with Gasteiger partial charge in [0.1, 0.15) is 13.2 Å². The largest absolute Gasteiger partial charge is 0.462 e. The number of hydrogen-bond acceptors (Lipinski definition) is 6. The van der Waals surface area contributed by atoms with Gasteiger partial charge in [0, 0.05) is 19.3 Å². The number of ether oxygens (including phenoxy) is 3. The lowest BCUT2D eigenvalue weighted by Gasteiger charge is -2.18. The summed E-state index contributed by atoms with van der Waals surface area (Å²) in [5, 5.41) is 0. The van der Waals surface area contributed by atoms with Crippen LogP contribution in [0.1, 0.15) is 258 Å². The van der Waals surface area contributed by atoms with Gasteiger partial charge in [-0.1, -0.05) is 240 Å². The normalized spacial score (nSPS) is 12.8. The summed E-state index contributed by atoms with van der Waals surface area (Å²) in [5.74, 6) is -0.901. The molecule has 6 heteroatoms. The van der Waals surface area contributed by atoms with Crippen LogP contribution in [0, 0.1) is 0 Å². The van der Waals surface area contributed by atoms with Crippen molar-refractivity contribution in [2.75, 3.05) is 13.2 Å². The minimum atomic E-state index is -0.784. The molecule has 0 fully saturated rings. The Balaban J connectivity index is 4.28. The molecule has 0 radical (unpaired) electrons. The molecular weight excluding hydrogens is 841 g/mol. The fraction of sp³-hybridized carbons (Fsp3) is 0.694. The second-order valence-electron chi connectivity index (χ2n) is 18.4. The number of rotatable bonds is 50. The molecule has 0 aromatic heterocycles. The van der Waals surface area contributed by atoms with E-state index in [1.165, 1.54) is 96.3 Å².